The van der Waals surface area contributed by atoms with Gasteiger partial charge in [0.05, 0.1) is 10.4 Å². The zero-order valence-corrected chi connectivity index (χ0v) is 10.9. The predicted molar refractivity (Wildman–Crippen MR) is 63.3 cm³/mol. The fourth-order valence-electron chi connectivity index (χ4n) is 0.912. The molecule has 80 valence electrons. The van der Waals surface area contributed by atoms with Crippen LogP contribution < -0.4 is 5.32 Å². The zero-order valence-electron chi connectivity index (χ0n) is 9.28. The van der Waals surface area contributed by atoms with Crippen molar-refractivity contribution in [1.29, 1.82) is 0 Å². The third kappa shape index (κ3) is 5.29. The van der Waals surface area contributed by atoms with Gasteiger partial charge in [0.1, 0.15) is 0 Å². The number of halogens is 1. The Morgan fingerprint density at radius 3 is 2.50 bits per heavy atom. The molecule has 0 fully saturated rings. The summed E-state index contributed by atoms with van der Waals surface area (Å²) in [6.45, 7) is 7.76. The molecule has 1 unspecified atom stereocenters. The topological polar surface area (TPSA) is 29.1 Å². The summed E-state index contributed by atoms with van der Waals surface area (Å²) in [6, 6.07) is 0. The SMILES string of the molecule is CCC#CC(C)(C)NC(=O)C(Br)CC. The Kier molecular flexibility index (Phi) is 5.87. The van der Waals surface area contributed by atoms with Gasteiger partial charge in [-0.15, -0.1) is 5.92 Å². The van der Waals surface area contributed by atoms with Gasteiger partial charge in [-0.25, -0.2) is 0 Å². The van der Waals surface area contributed by atoms with Gasteiger partial charge in [0, 0.05) is 6.42 Å². The molecule has 0 aliphatic heterocycles. The van der Waals surface area contributed by atoms with Crippen molar-refractivity contribution in [1.82, 2.24) is 5.32 Å². The average Bonchev–Trinajstić information content (AvgIpc) is 2.12. The van der Waals surface area contributed by atoms with Crippen molar-refractivity contribution in [2.45, 2.75) is 50.9 Å². The molecule has 0 radical (unpaired) electrons. The Balaban J connectivity index is 4.28. The molecule has 0 aromatic carbocycles. The number of alkyl halides is 1. The molecule has 0 rings (SSSR count). The number of carbonyl (C=O) groups is 1. The van der Waals surface area contributed by atoms with E-state index in [1.165, 1.54) is 0 Å². The van der Waals surface area contributed by atoms with Crippen LogP contribution in [0.5, 0.6) is 0 Å². The normalized spacial score (nSPS) is 12.6. The van der Waals surface area contributed by atoms with Crippen molar-refractivity contribution in [3.05, 3.63) is 0 Å². The quantitative estimate of drug-likeness (QED) is 0.613. The summed E-state index contributed by atoms with van der Waals surface area (Å²) >= 11 is 3.30. The summed E-state index contributed by atoms with van der Waals surface area (Å²) in [4.78, 5) is 11.4. The van der Waals surface area contributed by atoms with Gasteiger partial charge in [0.15, 0.2) is 0 Å². The van der Waals surface area contributed by atoms with E-state index in [9.17, 15) is 4.79 Å². The number of carbonyl (C=O) groups excluding carboxylic acids is 1. The van der Waals surface area contributed by atoms with Gasteiger partial charge < -0.3 is 5.32 Å². The van der Waals surface area contributed by atoms with Crippen LogP contribution >= 0.6 is 15.9 Å². The van der Waals surface area contributed by atoms with E-state index >= 15 is 0 Å². The molecule has 0 saturated heterocycles. The molecule has 3 heteroatoms. The lowest BCUT2D eigenvalue weighted by atomic mass is 10.1. The first-order valence-corrected chi connectivity index (χ1v) is 5.80. The maximum atomic E-state index is 11.5. The summed E-state index contributed by atoms with van der Waals surface area (Å²) in [5.41, 5.74) is -0.436. The molecule has 0 aromatic rings. The Bertz CT molecular complexity index is 250. The summed E-state index contributed by atoms with van der Waals surface area (Å²) in [5, 5.41) is 2.88. The molecule has 1 atom stereocenters. The van der Waals surface area contributed by atoms with E-state index in [1.807, 2.05) is 27.7 Å². The first kappa shape index (κ1) is 13.5. The van der Waals surface area contributed by atoms with Crippen LogP contribution in [0.15, 0.2) is 0 Å². The Hall–Kier alpha value is -0.490. The van der Waals surface area contributed by atoms with Gasteiger partial charge >= 0.3 is 0 Å². The van der Waals surface area contributed by atoms with Crippen molar-refractivity contribution in [2.75, 3.05) is 0 Å². The molecule has 1 N–H and O–H groups in total. The van der Waals surface area contributed by atoms with E-state index < -0.39 is 5.54 Å². The summed E-state index contributed by atoms with van der Waals surface area (Å²) in [7, 11) is 0. The van der Waals surface area contributed by atoms with E-state index in [0.717, 1.165) is 12.8 Å². The fraction of sp³-hybridized carbons (Fsp3) is 0.727. The third-order valence-electron chi connectivity index (χ3n) is 1.66. The smallest absolute Gasteiger partial charge is 0.234 e. The standard InChI is InChI=1S/C11H18BrNO/c1-5-7-8-11(3,4)13-10(14)9(12)6-2/h9H,5-6H2,1-4H3,(H,13,14). The van der Waals surface area contributed by atoms with Crippen LogP contribution in [0.25, 0.3) is 0 Å². The molecule has 2 nitrogen and oxygen atoms in total. The largest absolute Gasteiger partial charge is 0.339 e. The molecule has 0 aromatic heterocycles. The lowest BCUT2D eigenvalue weighted by Crippen LogP contribution is -2.45. The Morgan fingerprint density at radius 2 is 2.07 bits per heavy atom. The highest BCUT2D eigenvalue weighted by Crippen LogP contribution is 2.07. The fourth-order valence-corrected chi connectivity index (χ4v) is 1.03. The van der Waals surface area contributed by atoms with E-state index in [0.29, 0.717) is 0 Å². The number of nitrogens with one attached hydrogen (secondary N) is 1. The summed E-state index contributed by atoms with van der Waals surface area (Å²) in [5.74, 6) is 5.99. The van der Waals surface area contributed by atoms with Gasteiger partial charge in [-0.2, -0.15) is 0 Å². The average molecular weight is 260 g/mol. The van der Waals surface area contributed by atoms with Crippen LogP contribution in [0.3, 0.4) is 0 Å². The van der Waals surface area contributed by atoms with Crippen molar-refractivity contribution in [3.8, 4) is 11.8 Å². The van der Waals surface area contributed by atoms with E-state index in [-0.39, 0.29) is 10.7 Å². The van der Waals surface area contributed by atoms with Crippen LogP contribution in [0.2, 0.25) is 0 Å². The Labute approximate surface area is 95.0 Å². The minimum absolute atomic E-state index is 0.00269. The van der Waals surface area contributed by atoms with Gasteiger partial charge in [-0.05, 0) is 20.3 Å². The second kappa shape index (κ2) is 6.08. The second-order valence-electron chi connectivity index (χ2n) is 3.65. The molecule has 0 saturated carbocycles. The molecule has 0 bridgehead atoms. The van der Waals surface area contributed by atoms with Crippen molar-refractivity contribution in [2.24, 2.45) is 0 Å². The minimum atomic E-state index is -0.436. The first-order chi connectivity index (χ1) is 6.43. The molecule has 0 spiro atoms. The first-order valence-electron chi connectivity index (χ1n) is 4.89. The van der Waals surface area contributed by atoms with Crippen LogP contribution in [-0.4, -0.2) is 16.3 Å². The highest BCUT2D eigenvalue weighted by atomic mass is 79.9. The second-order valence-corrected chi connectivity index (χ2v) is 4.75. The van der Waals surface area contributed by atoms with Crippen molar-refractivity contribution >= 4 is 21.8 Å². The zero-order chi connectivity index (χ0) is 11.2. The van der Waals surface area contributed by atoms with Crippen molar-refractivity contribution < 1.29 is 4.79 Å². The van der Waals surface area contributed by atoms with E-state index in [1.54, 1.807) is 0 Å². The molecule has 14 heavy (non-hydrogen) atoms. The minimum Gasteiger partial charge on any atom is -0.339 e. The number of rotatable bonds is 3. The highest BCUT2D eigenvalue weighted by molar-refractivity contribution is 9.10. The third-order valence-corrected chi connectivity index (χ3v) is 2.72. The maximum Gasteiger partial charge on any atom is 0.234 e. The molecule has 0 heterocycles. The summed E-state index contributed by atoms with van der Waals surface area (Å²) in [6.07, 6.45) is 1.59. The van der Waals surface area contributed by atoms with Crippen LogP contribution in [-0.2, 0) is 4.79 Å². The Morgan fingerprint density at radius 1 is 1.50 bits per heavy atom. The predicted octanol–water partition coefficient (Wildman–Crippen LogP) is 2.47. The maximum absolute atomic E-state index is 11.5. The molecule has 0 aliphatic carbocycles. The number of amides is 1. The van der Waals surface area contributed by atoms with E-state index in [4.69, 9.17) is 0 Å². The van der Waals surface area contributed by atoms with Gasteiger partial charge in [0.2, 0.25) is 5.91 Å². The van der Waals surface area contributed by atoms with Gasteiger partial charge in [-0.3, -0.25) is 4.79 Å². The number of hydrogen-bond donors (Lipinski definition) is 1. The number of hydrogen-bond acceptors (Lipinski definition) is 1. The molecule has 1 amide bonds. The summed E-state index contributed by atoms with van der Waals surface area (Å²) < 4.78 is 0. The van der Waals surface area contributed by atoms with Crippen LogP contribution in [0.4, 0.5) is 0 Å². The monoisotopic (exact) mass is 259 g/mol. The molecular weight excluding hydrogens is 242 g/mol. The van der Waals surface area contributed by atoms with Crippen LogP contribution in [0, 0.1) is 11.8 Å². The lowest BCUT2D eigenvalue weighted by molar-refractivity contribution is -0.121. The van der Waals surface area contributed by atoms with Crippen LogP contribution in [0.1, 0.15) is 40.5 Å². The lowest BCUT2D eigenvalue weighted by Gasteiger charge is -2.21. The van der Waals surface area contributed by atoms with Gasteiger partial charge in [-0.1, -0.05) is 35.7 Å². The van der Waals surface area contributed by atoms with Crippen molar-refractivity contribution in [3.63, 3.8) is 0 Å². The van der Waals surface area contributed by atoms with Gasteiger partial charge in [0.25, 0.3) is 0 Å². The molecular formula is C11H18BrNO. The van der Waals surface area contributed by atoms with E-state index in [2.05, 4.69) is 33.1 Å². The molecule has 0 aliphatic rings. The highest BCUT2D eigenvalue weighted by Gasteiger charge is 2.21.